The minimum atomic E-state index is -0.368. The molecule has 0 atom stereocenters. The molecule has 4 nitrogen and oxygen atoms in total. The van der Waals surface area contributed by atoms with E-state index in [4.69, 9.17) is 10.5 Å². The Kier molecular flexibility index (Phi) is 3.96. The average molecular weight is 273 g/mol. The molecule has 0 fully saturated rings. The van der Waals surface area contributed by atoms with Crippen LogP contribution in [0.25, 0.3) is 0 Å². The van der Waals surface area contributed by atoms with E-state index in [2.05, 4.69) is 21.2 Å². The van der Waals surface area contributed by atoms with Crippen LogP contribution in [0, 0.1) is 0 Å². The third-order valence-corrected chi connectivity index (χ3v) is 2.51. The first-order valence-corrected chi connectivity index (χ1v) is 5.33. The van der Waals surface area contributed by atoms with Crippen molar-refractivity contribution >= 4 is 33.3 Å². The maximum atomic E-state index is 11.4. The van der Waals surface area contributed by atoms with E-state index in [1.54, 1.807) is 26.1 Å². The molecule has 1 rings (SSSR count). The first-order chi connectivity index (χ1) is 7.10. The molecular formula is C10H13BrN2O2. The molecular weight excluding hydrogens is 260 g/mol. The van der Waals surface area contributed by atoms with Crippen molar-refractivity contribution in [3.8, 4) is 0 Å². The lowest BCUT2D eigenvalue weighted by Gasteiger charge is -2.09. The van der Waals surface area contributed by atoms with Gasteiger partial charge in [0, 0.05) is 11.5 Å². The highest BCUT2D eigenvalue weighted by Gasteiger charge is 2.11. The summed E-state index contributed by atoms with van der Waals surface area (Å²) in [6.07, 6.45) is 0. The molecule has 0 aliphatic rings. The molecule has 0 bridgehead atoms. The summed E-state index contributed by atoms with van der Waals surface area (Å²) in [7, 11) is 1.76. The van der Waals surface area contributed by atoms with Gasteiger partial charge < -0.3 is 15.8 Å². The zero-order valence-electron chi connectivity index (χ0n) is 8.63. The number of hydrogen-bond donors (Lipinski definition) is 2. The van der Waals surface area contributed by atoms with Crippen LogP contribution < -0.4 is 11.1 Å². The summed E-state index contributed by atoms with van der Waals surface area (Å²) in [6, 6.07) is 3.27. The number of rotatable bonds is 3. The molecule has 1 aromatic rings. The van der Waals surface area contributed by atoms with Crippen molar-refractivity contribution < 1.29 is 9.53 Å². The molecule has 0 heterocycles. The van der Waals surface area contributed by atoms with Crippen molar-refractivity contribution in [1.82, 2.24) is 0 Å². The van der Waals surface area contributed by atoms with Crippen LogP contribution in [0.1, 0.15) is 17.3 Å². The summed E-state index contributed by atoms with van der Waals surface area (Å²) in [6.45, 7) is 2.11. The normalized spacial score (nSPS) is 9.80. The number of halogens is 1. The van der Waals surface area contributed by atoms with Crippen LogP contribution in [0.4, 0.5) is 11.4 Å². The van der Waals surface area contributed by atoms with Crippen molar-refractivity contribution in [2.45, 2.75) is 6.92 Å². The van der Waals surface area contributed by atoms with E-state index in [9.17, 15) is 4.79 Å². The van der Waals surface area contributed by atoms with Crippen LogP contribution in [0.3, 0.4) is 0 Å². The molecule has 0 aliphatic heterocycles. The third-order valence-electron chi connectivity index (χ3n) is 1.88. The van der Waals surface area contributed by atoms with Gasteiger partial charge in [0.1, 0.15) is 0 Å². The molecule has 0 unspecified atom stereocenters. The molecule has 5 heteroatoms. The summed E-state index contributed by atoms with van der Waals surface area (Å²) in [4.78, 5) is 11.4. The topological polar surface area (TPSA) is 64.3 Å². The van der Waals surface area contributed by atoms with E-state index in [-0.39, 0.29) is 5.97 Å². The molecule has 0 spiro atoms. The number of nitrogens with one attached hydrogen (secondary N) is 1. The minimum Gasteiger partial charge on any atom is -0.462 e. The number of anilines is 2. The first kappa shape index (κ1) is 11.8. The van der Waals surface area contributed by atoms with Gasteiger partial charge >= 0.3 is 5.97 Å². The SMILES string of the molecule is CCOC(=O)c1cc(N)c(NC)c(Br)c1. The van der Waals surface area contributed by atoms with Gasteiger partial charge in [-0.1, -0.05) is 0 Å². The van der Waals surface area contributed by atoms with Crippen LogP contribution in [0.15, 0.2) is 16.6 Å². The number of nitrogen functional groups attached to an aromatic ring is 1. The Morgan fingerprint density at radius 3 is 2.73 bits per heavy atom. The van der Waals surface area contributed by atoms with Crippen LogP contribution in [0.2, 0.25) is 0 Å². The monoisotopic (exact) mass is 272 g/mol. The van der Waals surface area contributed by atoms with E-state index < -0.39 is 0 Å². The van der Waals surface area contributed by atoms with Crippen LogP contribution in [-0.4, -0.2) is 19.6 Å². The van der Waals surface area contributed by atoms with E-state index >= 15 is 0 Å². The largest absolute Gasteiger partial charge is 0.462 e. The van der Waals surface area contributed by atoms with Crippen molar-refractivity contribution in [1.29, 1.82) is 0 Å². The zero-order valence-corrected chi connectivity index (χ0v) is 10.2. The number of benzene rings is 1. The van der Waals surface area contributed by atoms with Gasteiger partial charge in [0.05, 0.1) is 23.5 Å². The summed E-state index contributed by atoms with van der Waals surface area (Å²) in [5.74, 6) is -0.368. The molecule has 82 valence electrons. The number of hydrogen-bond acceptors (Lipinski definition) is 4. The maximum absolute atomic E-state index is 11.4. The quantitative estimate of drug-likeness (QED) is 0.655. The highest BCUT2D eigenvalue weighted by atomic mass is 79.9. The van der Waals surface area contributed by atoms with Gasteiger partial charge in [0.2, 0.25) is 0 Å². The number of carbonyl (C=O) groups is 1. The Hall–Kier alpha value is -1.23. The second-order valence-corrected chi connectivity index (χ2v) is 3.75. The fourth-order valence-corrected chi connectivity index (χ4v) is 1.90. The molecule has 0 radical (unpaired) electrons. The van der Waals surface area contributed by atoms with Crippen LogP contribution in [0.5, 0.6) is 0 Å². The lowest BCUT2D eigenvalue weighted by Crippen LogP contribution is -2.06. The standard InChI is InChI=1S/C10H13BrN2O2/c1-3-15-10(14)6-4-7(11)9(13-2)8(12)5-6/h4-5,13H,3,12H2,1-2H3. The fourth-order valence-electron chi connectivity index (χ4n) is 1.22. The van der Waals surface area contributed by atoms with Crippen molar-refractivity contribution in [2.24, 2.45) is 0 Å². The summed E-state index contributed by atoms with van der Waals surface area (Å²) in [5, 5.41) is 2.94. The maximum Gasteiger partial charge on any atom is 0.338 e. The Morgan fingerprint density at radius 2 is 2.27 bits per heavy atom. The summed E-state index contributed by atoms with van der Waals surface area (Å²) < 4.78 is 5.62. The average Bonchev–Trinajstić information content (AvgIpc) is 2.17. The van der Waals surface area contributed by atoms with Crippen molar-refractivity contribution in [2.75, 3.05) is 24.7 Å². The van der Waals surface area contributed by atoms with Crippen LogP contribution >= 0.6 is 15.9 Å². The smallest absolute Gasteiger partial charge is 0.338 e. The number of nitrogens with two attached hydrogens (primary N) is 1. The van der Waals surface area contributed by atoms with E-state index in [0.29, 0.717) is 17.9 Å². The molecule has 0 aliphatic carbocycles. The number of esters is 1. The van der Waals surface area contributed by atoms with Gasteiger partial charge in [-0.15, -0.1) is 0 Å². The first-order valence-electron chi connectivity index (χ1n) is 4.54. The predicted molar refractivity (Wildman–Crippen MR) is 64.1 cm³/mol. The van der Waals surface area contributed by atoms with Crippen LogP contribution in [-0.2, 0) is 4.74 Å². The zero-order chi connectivity index (χ0) is 11.4. The Labute approximate surface area is 96.9 Å². The second kappa shape index (κ2) is 5.02. The highest BCUT2D eigenvalue weighted by molar-refractivity contribution is 9.10. The molecule has 1 aromatic carbocycles. The highest BCUT2D eigenvalue weighted by Crippen LogP contribution is 2.30. The van der Waals surface area contributed by atoms with Crippen molar-refractivity contribution in [3.63, 3.8) is 0 Å². The molecule has 0 amide bonds. The number of ether oxygens (including phenoxy) is 1. The predicted octanol–water partition coefficient (Wildman–Crippen LogP) is 2.25. The number of carbonyl (C=O) groups excluding carboxylic acids is 1. The van der Waals surface area contributed by atoms with E-state index in [1.807, 2.05) is 0 Å². The Balaban J connectivity index is 3.08. The minimum absolute atomic E-state index is 0.351. The summed E-state index contributed by atoms with van der Waals surface area (Å²) in [5.41, 5.74) is 7.49. The van der Waals surface area contributed by atoms with Gasteiger partial charge in [-0.2, -0.15) is 0 Å². The Morgan fingerprint density at radius 1 is 1.60 bits per heavy atom. The molecule has 0 saturated carbocycles. The lowest BCUT2D eigenvalue weighted by molar-refractivity contribution is 0.0526. The molecule has 3 N–H and O–H groups in total. The molecule has 15 heavy (non-hydrogen) atoms. The van der Waals surface area contributed by atoms with Gasteiger partial charge in [-0.05, 0) is 35.0 Å². The van der Waals surface area contributed by atoms with E-state index in [1.165, 1.54) is 0 Å². The Bertz CT molecular complexity index is 357. The molecule has 0 aromatic heterocycles. The lowest BCUT2D eigenvalue weighted by atomic mass is 10.2. The molecule has 0 saturated heterocycles. The van der Waals surface area contributed by atoms with Gasteiger partial charge in [0.15, 0.2) is 0 Å². The summed E-state index contributed by atoms with van der Waals surface area (Å²) >= 11 is 3.33. The third kappa shape index (κ3) is 2.62. The van der Waals surface area contributed by atoms with Gasteiger partial charge in [-0.3, -0.25) is 0 Å². The fraction of sp³-hybridized carbons (Fsp3) is 0.300. The van der Waals surface area contributed by atoms with Crippen molar-refractivity contribution in [3.05, 3.63) is 22.2 Å². The van der Waals surface area contributed by atoms with E-state index in [0.717, 1.165) is 10.2 Å². The second-order valence-electron chi connectivity index (χ2n) is 2.89. The van der Waals surface area contributed by atoms with Gasteiger partial charge in [0.25, 0.3) is 0 Å². The van der Waals surface area contributed by atoms with Gasteiger partial charge in [-0.25, -0.2) is 4.79 Å².